The van der Waals surface area contributed by atoms with E-state index in [1.807, 2.05) is 17.9 Å². The van der Waals surface area contributed by atoms with Crippen molar-refractivity contribution in [1.82, 2.24) is 4.98 Å². The highest BCUT2D eigenvalue weighted by Crippen LogP contribution is 2.30. The molecule has 0 aliphatic carbocycles. The predicted molar refractivity (Wildman–Crippen MR) is 84.2 cm³/mol. The number of hydrogen-bond donors (Lipinski definition) is 1. The van der Waals surface area contributed by atoms with Gasteiger partial charge in [-0.05, 0) is 19.4 Å². The summed E-state index contributed by atoms with van der Waals surface area (Å²) in [5, 5.41) is 0. The molecule has 1 atom stereocenters. The predicted octanol–water partition coefficient (Wildman–Crippen LogP) is 1.77. The molecule has 0 radical (unpaired) electrons. The van der Waals surface area contributed by atoms with Gasteiger partial charge in [0.2, 0.25) is 11.8 Å². The third-order valence-corrected chi connectivity index (χ3v) is 3.81. The van der Waals surface area contributed by atoms with Crippen molar-refractivity contribution in [3.63, 3.8) is 0 Å². The fourth-order valence-corrected chi connectivity index (χ4v) is 2.65. The maximum absolute atomic E-state index is 12.4. The quantitative estimate of drug-likeness (QED) is 0.613. The topological polar surface area (TPSA) is 85.5 Å². The summed E-state index contributed by atoms with van der Waals surface area (Å²) in [5.41, 5.74) is 6.44. The summed E-state index contributed by atoms with van der Waals surface area (Å²) in [6, 6.07) is 3.60. The van der Waals surface area contributed by atoms with Crippen LogP contribution in [0.15, 0.2) is 12.1 Å². The van der Waals surface area contributed by atoms with E-state index in [9.17, 15) is 9.59 Å². The van der Waals surface area contributed by atoms with Gasteiger partial charge in [-0.25, -0.2) is 4.98 Å². The van der Waals surface area contributed by atoms with Gasteiger partial charge in [0.05, 0.1) is 12.3 Å². The number of ether oxygens (including phenoxy) is 1. The summed E-state index contributed by atoms with van der Waals surface area (Å²) >= 11 is 0. The van der Waals surface area contributed by atoms with Gasteiger partial charge < -0.3 is 15.4 Å². The molecule has 1 amide bonds. The van der Waals surface area contributed by atoms with E-state index in [1.54, 1.807) is 6.07 Å². The van der Waals surface area contributed by atoms with Crippen LogP contribution in [0.4, 0.5) is 5.69 Å². The number of aromatic nitrogens is 1. The molecule has 1 aliphatic heterocycles. The normalized spacial score (nSPS) is 17.3. The van der Waals surface area contributed by atoms with Crippen LogP contribution in [-0.2, 0) is 4.79 Å². The second-order valence-corrected chi connectivity index (χ2v) is 5.42. The highest BCUT2D eigenvalue weighted by molar-refractivity contribution is 6.13. The Morgan fingerprint density at radius 1 is 1.41 bits per heavy atom. The lowest BCUT2D eigenvalue weighted by atomic mass is 9.93. The number of hydrogen-bond acceptors (Lipinski definition) is 5. The number of amides is 1. The van der Waals surface area contributed by atoms with Gasteiger partial charge in [-0.15, -0.1) is 0 Å². The molecular weight excluding hydrogens is 282 g/mol. The molecule has 2 heterocycles. The minimum absolute atomic E-state index is 0.289. The van der Waals surface area contributed by atoms with Gasteiger partial charge in [-0.3, -0.25) is 9.59 Å². The van der Waals surface area contributed by atoms with Gasteiger partial charge in [0.25, 0.3) is 0 Å². The molecule has 6 nitrogen and oxygen atoms in total. The molecule has 0 fully saturated rings. The third kappa shape index (κ3) is 3.37. The van der Waals surface area contributed by atoms with E-state index in [1.165, 1.54) is 0 Å². The molecule has 0 bridgehead atoms. The molecule has 0 aromatic carbocycles. The van der Waals surface area contributed by atoms with Crippen molar-refractivity contribution in [1.29, 1.82) is 0 Å². The monoisotopic (exact) mass is 305 g/mol. The Hall–Kier alpha value is -2.11. The van der Waals surface area contributed by atoms with E-state index in [2.05, 4.69) is 11.9 Å². The van der Waals surface area contributed by atoms with Gasteiger partial charge in [-0.2, -0.15) is 0 Å². The Bertz CT molecular complexity index is 560. The minimum atomic E-state index is -0.835. The molecule has 1 unspecified atom stereocenters. The number of anilines is 1. The number of fused-ring (bicyclic) bond motifs is 1. The van der Waals surface area contributed by atoms with E-state index >= 15 is 0 Å². The zero-order valence-electron chi connectivity index (χ0n) is 13.2. The summed E-state index contributed by atoms with van der Waals surface area (Å²) < 4.78 is 5.35. The first-order chi connectivity index (χ1) is 10.6. The fourth-order valence-electron chi connectivity index (χ4n) is 2.65. The van der Waals surface area contributed by atoms with Gasteiger partial charge >= 0.3 is 0 Å². The smallest absolute Gasteiger partial charge is 0.230 e. The van der Waals surface area contributed by atoms with E-state index in [4.69, 9.17) is 10.5 Å². The van der Waals surface area contributed by atoms with Crippen molar-refractivity contribution in [3.8, 4) is 5.88 Å². The van der Waals surface area contributed by atoms with Crippen molar-refractivity contribution in [2.75, 3.05) is 24.6 Å². The molecule has 1 aromatic heterocycles. The van der Waals surface area contributed by atoms with Crippen molar-refractivity contribution in [2.24, 2.45) is 11.7 Å². The minimum Gasteiger partial charge on any atom is -0.478 e. The Morgan fingerprint density at radius 2 is 2.18 bits per heavy atom. The first-order valence-corrected chi connectivity index (χ1v) is 7.80. The van der Waals surface area contributed by atoms with Crippen LogP contribution in [0.2, 0.25) is 0 Å². The number of pyridine rings is 1. The second-order valence-electron chi connectivity index (χ2n) is 5.42. The number of Topliss-reactive ketones (excluding diaryl/α,β-unsaturated/α-hetero) is 1. The fraction of sp³-hybridized carbons (Fsp3) is 0.562. The van der Waals surface area contributed by atoms with Crippen LogP contribution in [0.25, 0.3) is 0 Å². The van der Waals surface area contributed by atoms with E-state index in [-0.39, 0.29) is 11.5 Å². The van der Waals surface area contributed by atoms with Crippen molar-refractivity contribution in [3.05, 3.63) is 17.8 Å². The maximum atomic E-state index is 12.4. The van der Waals surface area contributed by atoms with E-state index in [0.717, 1.165) is 31.5 Å². The number of nitrogens with two attached hydrogens (primary N) is 1. The second kappa shape index (κ2) is 7.24. The molecule has 22 heavy (non-hydrogen) atoms. The number of carbonyl (C=O) groups is 2. The third-order valence-electron chi connectivity index (χ3n) is 3.81. The summed E-state index contributed by atoms with van der Waals surface area (Å²) in [7, 11) is 0. The summed E-state index contributed by atoms with van der Waals surface area (Å²) in [5.74, 6) is -1.35. The van der Waals surface area contributed by atoms with Gasteiger partial charge in [-0.1, -0.05) is 19.8 Å². The molecule has 120 valence electrons. The van der Waals surface area contributed by atoms with Crippen LogP contribution >= 0.6 is 0 Å². The Labute approximate surface area is 130 Å². The number of rotatable bonds is 7. The van der Waals surface area contributed by atoms with Crippen molar-refractivity contribution < 1.29 is 14.3 Å². The molecule has 2 rings (SSSR count). The SMILES string of the molecule is CCCCCN1CC(C(N)=O)C(=O)c2nc(OCC)ccc21. The number of carbonyl (C=O) groups excluding carboxylic acids is 2. The molecule has 1 aliphatic rings. The molecule has 2 N–H and O–H groups in total. The lowest BCUT2D eigenvalue weighted by Crippen LogP contribution is -2.46. The first kappa shape index (κ1) is 16.3. The van der Waals surface area contributed by atoms with Gasteiger partial charge in [0, 0.05) is 19.2 Å². The number of primary amides is 1. The van der Waals surface area contributed by atoms with E-state index < -0.39 is 11.8 Å². The van der Waals surface area contributed by atoms with Gasteiger partial charge in [0.15, 0.2) is 5.78 Å². The van der Waals surface area contributed by atoms with E-state index in [0.29, 0.717) is 19.0 Å². The number of unbranched alkanes of at least 4 members (excludes halogenated alkanes) is 2. The van der Waals surface area contributed by atoms with Crippen LogP contribution in [0.3, 0.4) is 0 Å². The van der Waals surface area contributed by atoms with Crippen LogP contribution in [0.1, 0.15) is 43.6 Å². The first-order valence-electron chi connectivity index (χ1n) is 7.80. The Morgan fingerprint density at radius 3 is 2.82 bits per heavy atom. The lowest BCUT2D eigenvalue weighted by molar-refractivity contribution is -0.120. The largest absolute Gasteiger partial charge is 0.478 e. The van der Waals surface area contributed by atoms with Crippen LogP contribution < -0.4 is 15.4 Å². The molecule has 0 saturated carbocycles. The summed E-state index contributed by atoms with van der Waals surface area (Å²) in [6.45, 7) is 5.58. The average molecular weight is 305 g/mol. The highest BCUT2D eigenvalue weighted by Gasteiger charge is 2.36. The Balaban J connectivity index is 2.32. The molecular formula is C16H23N3O3. The molecule has 6 heteroatoms. The Kier molecular flexibility index (Phi) is 5.35. The number of ketones is 1. The van der Waals surface area contributed by atoms with Crippen LogP contribution in [-0.4, -0.2) is 36.4 Å². The zero-order valence-corrected chi connectivity index (χ0v) is 13.2. The van der Waals surface area contributed by atoms with Crippen molar-refractivity contribution in [2.45, 2.75) is 33.1 Å². The standard InChI is InChI=1S/C16H23N3O3/c1-3-5-6-9-19-10-11(16(17)21)15(20)14-12(19)7-8-13(18-14)22-4-2/h7-8,11H,3-6,9-10H2,1-2H3,(H2,17,21). The van der Waals surface area contributed by atoms with Gasteiger partial charge in [0.1, 0.15) is 11.6 Å². The summed E-state index contributed by atoms with van der Waals surface area (Å²) in [6.07, 6.45) is 3.22. The molecule has 0 saturated heterocycles. The highest BCUT2D eigenvalue weighted by atomic mass is 16.5. The zero-order chi connectivity index (χ0) is 16.1. The lowest BCUT2D eigenvalue weighted by Gasteiger charge is -2.33. The maximum Gasteiger partial charge on any atom is 0.230 e. The van der Waals surface area contributed by atoms with Crippen LogP contribution in [0, 0.1) is 5.92 Å². The molecule has 1 aromatic rings. The van der Waals surface area contributed by atoms with Crippen LogP contribution in [0.5, 0.6) is 5.88 Å². The average Bonchev–Trinajstić information content (AvgIpc) is 2.50. The molecule has 0 spiro atoms. The summed E-state index contributed by atoms with van der Waals surface area (Å²) in [4.78, 5) is 30.3. The number of nitrogens with zero attached hydrogens (tertiary/aromatic N) is 2. The van der Waals surface area contributed by atoms with Crippen molar-refractivity contribution >= 4 is 17.4 Å².